The third-order valence-electron chi connectivity index (χ3n) is 5.98. The number of aryl methyl sites for hydroxylation is 2. The van der Waals surface area contributed by atoms with Gasteiger partial charge < -0.3 is 4.90 Å². The van der Waals surface area contributed by atoms with Crippen LogP contribution < -0.4 is 4.90 Å². The Bertz CT molecular complexity index is 1010. The van der Waals surface area contributed by atoms with Crippen molar-refractivity contribution in [3.05, 3.63) is 71.4 Å². The number of piperazine rings is 1. The van der Waals surface area contributed by atoms with Crippen molar-refractivity contribution in [2.45, 2.75) is 26.8 Å². The topological polar surface area (TPSA) is 48.1 Å². The highest BCUT2D eigenvalue weighted by molar-refractivity contribution is 5.67. The number of hydrogen-bond donors (Lipinski definition) is 0. The molecule has 5 heteroatoms. The predicted octanol–water partition coefficient (Wildman–Crippen LogP) is 4.25. The minimum Gasteiger partial charge on any atom is -0.369 e. The van der Waals surface area contributed by atoms with Gasteiger partial charge in [0, 0.05) is 50.5 Å². The molecule has 0 amide bonds. The molecule has 0 aliphatic carbocycles. The summed E-state index contributed by atoms with van der Waals surface area (Å²) in [6.07, 6.45) is 1.03. The van der Waals surface area contributed by atoms with Gasteiger partial charge in [-0.1, -0.05) is 48.0 Å². The third kappa shape index (κ3) is 4.39. The van der Waals surface area contributed by atoms with Gasteiger partial charge in [-0.05, 0) is 32.4 Å². The Morgan fingerprint density at radius 2 is 1.60 bits per heavy atom. The summed E-state index contributed by atoms with van der Waals surface area (Å²) < 4.78 is 2.00. The van der Waals surface area contributed by atoms with Gasteiger partial charge in [-0.3, -0.25) is 9.58 Å². The van der Waals surface area contributed by atoms with Gasteiger partial charge >= 0.3 is 0 Å². The van der Waals surface area contributed by atoms with E-state index in [1.54, 1.807) is 0 Å². The second-order valence-corrected chi connectivity index (χ2v) is 8.03. The van der Waals surface area contributed by atoms with Crippen LogP contribution in [0.5, 0.6) is 0 Å². The lowest BCUT2D eigenvalue weighted by Crippen LogP contribution is -2.46. The SMILES string of the molecule is Cc1ccc(N2CCN(CCCn3nc(-c4ccccc4)c(C#N)c3C)CC2)cc1. The molecule has 0 bridgehead atoms. The van der Waals surface area contributed by atoms with Crippen molar-refractivity contribution >= 4 is 5.69 Å². The lowest BCUT2D eigenvalue weighted by molar-refractivity contribution is 0.249. The Balaban J connectivity index is 1.32. The minimum absolute atomic E-state index is 0.688. The summed E-state index contributed by atoms with van der Waals surface area (Å²) in [4.78, 5) is 5.01. The molecule has 1 aromatic heterocycles. The van der Waals surface area contributed by atoms with Crippen LogP contribution >= 0.6 is 0 Å². The zero-order valence-electron chi connectivity index (χ0n) is 17.9. The first-order chi connectivity index (χ1) is 14.7. The smallest absolute Gasteiger partial charge is 0.110 e. The highest BCUT2D eigenvalue weighted by Crippen LogP contribution is 2.24. The Hall–Kier alpha value is -3.10. The molecule has 154 valence electrons. The maximum absolute atomic E-state index is 9.62. The van der Waals surface area contributed by atoms with E-state index < -0.39 is 0 Å². The fourth-order valence-electron chi connectivity index (χ4n) is 4.13. The van der Waals surface area contributed by atoms with Crippen molar-refractivity contribution in [1.29, 1.82) is 5.26 Å². The quantitative estimate of drug-likeness (QED) is 0.622. The molecule has 4 rings (SSSR count). The van der Waals surface area contributed by atoms with Gasteiger partial charge in [-0.2, -0.15) is 10.4 Å². The van der Waals surface area contributed by atoms with Gasteiger partial charge in [0.15, 0.2) is 0 Å². The van der Waals surface area contributed by atoms with Crippen molar-refractivity contribution in [2.24, 2.45) is 0 Å². The largest absolute Gasteiger partial charge is 0.369 e. The molecule has 2 aromatic carbocycles. The van der Waals surface area contributed by atoms with Crippen molar-refractivity contribution in [3.8, 4) is 17.3 Å². The van der Waals surface area contributed by atoms with Crippen LogP contribution in [0.2, 0.25) is 0 Å². The molecule has 0 spiro atoms. The standard InChI is InChI=1S/C25H29N5/c1-20-9-11-23(12-10-20)29-17-15-28(16-18-29)13-6-14-30-21(2)24(19-26)25(27-30)22-7-4-3-5-8-22/h3-5,7-12H,6,13-18H2,1-2H3. The molecule has 30 heavy (non-hydrogen) atoms. The van der Waals surface area contributed by atoms with E-state index in [1.165, 1.54) is 11.3 Å². The van der Waals surface area contributed by atoms with Crippen LogP contribution in [0.3, 0.4) is 0 Å². The van der Waals surface area contributed by atoms with Gasteiger partial charge in [0.25, 0.3) is 0 Å². The Morgan fingerprint density at radius 1 is 0.900 bits per heavy atom. The molecule has 5 nitrogen and oxygen atoms in total. The van der Waals surface area contributed by atoms with Crippen LogP contribution in [0, 0.1) is 25.2 Å². The van der Waals surface area contributed by atoms with Crippen LogP contribution in [0.15, 0.2) is 54.6 Å². The van der Waals surface area contributed by atoms with Crippen molar-refractivity contribution < 1.29 is 0 Å². The van der Waals surface area contributed by atoms with Gasteiger partial charge in [-0.15, -0.1) is 0 Å². The maximum atomic E-state index is 9.62. The lowest BCUT2D eigenvalue weighted by Gasteiger charge is -2.36. The summed E-state index contributed by atoms with van der Waals surface area (Å²) in [7, 11) is 0. The van der Waals surface area contributed by atoms with Crippen LogP contribution in [0.1, 0.15) is 23.2 Å². The Morgan fingerprint density at radius 3 is 2.27 bits per heavy atom. The molecule has 0 radical (unpaired) electrons. The van der Waals surface area contributed by atoms with Gasteiger partial charge in [0.1, 0.15) is 17.3 Å². The molecule has 1 saturated heterocycles. The van der Waals surface area contributed by atoms with E-state index in [0.29, 0.717) is 5.56 Å². The molecule has 0 N–H and O–H groups in total. The summed E-state index contributed by atoms with van der Waals surface area (Å²) in [6.45, 7) is 10.3. The van der Waals surface area contributed by atoms with Gasteiger partial charge in [0.2, 0.25) is 0 Å². The third-order valence-corrected chi connectivity index (χ3v) is 5.98. The first-order valence-corrected chi connectivity index (χ1v) is 10.7. The normalized spacial score (nSPS) is 14.6. The first kappa shape index (κ1) is 20.2. The first-order valence-electron chi connectivity index (χ1n) is 10.7. The molecule has 3 aromatic rings. The predicted molar refractivity (Wildman–Crippen MR) is 122 cm³/mol. The van der Waals surface area contributed by atoms with E-state index in [1.807, 2.05) is 41.9 Å². The Kier molecular flexibility index (Phi) is 6.15. The van der Waals surface area contributed by atoms with Crippen LogP contribution in [0.25, 0.3) is 11.3 Å². The molecule has 0 unspecified atom stereocenters. The van der Waals surface area contributed by atoms with Crippen molar-refractivity contribution in [1.82, 2.24) is 14.7 Å². The molecule has 1 fully saturated rings. The van der Waals surface area contributed by atoms with Crippen molar-refractivity contribution in [2.75, 3.05) is 37.6 Å². The molecular weight excluding hydrogens is 370 g/mol. The van der Waals surface area contributed by atoms with Crippen molar-refractivity contribution in [3.63, 3.8) is 0 Å². The number of nitrogens with zero attached hydrogens (tertiary/aromatic N) is 5. The number of anilines is 1. The molecule has 1 aliphatic rings. The number of nitriles is 1. The molecule has 0 saturated carbocycles. The fourth-order valence-corrected chi connectivity index (χ4v) is 4.13. The zero-order chi connectivity index (χ0) is 20.9. The van der Waals surface area contributed by atoms with Gasteiger partial charge in [-0.25, -0.2) is 0 Å². The monoisotopic (exact) mass is 399 g/mol. The van der Waals surface area contributed by atoms with Crippen LogP contribution in [0.4, 0.5) is 5.69 Å². The molecule has 2 heterocycles. The second kappa shape index (κ2) is 9.15. The number of benzene rings is 2. The fraction of sp³-hybridized carbons (Fsp3) is 0.360. The average Bonchev–Trinajstić information content (AvgIpc) is 3.11. The highest BCUT2D eigenvalue weighted by Gasteiger charge is 2.18. The molecular formula is C25H29N5. The lowest BCUT2D eigenvalue weighted by atomic mass is 10.1. The van der Waals surface area contributed by atoms with E-state index in [0.717, 1.165) is 62.6 Å². The average molecular weight is 400 g/mol. The number of rotatable bonds is 6. The summed E-state index contributed by atoms with van der Waals surface area (Å²) >= 11 is 0. The van der Waals surface area contributed by atoms with E-state index in [9.17, 15) is 5.26 Å². The van der Waals surface area contributed by atoms with Crippen LogP contribution in [-0.2, 0) is 6.54 Å². The van der Waals surface area contributed by atoms with E-state index in [2.05, 4.69) is 47.1 Å². The van der Waals surface area contributed by atoms with Gasteiger partial charge in [0.05, 0.1) is 5.69 Å². The Labute approximate surface area is 179 Å². The zero-order valence-corrected chi connectivity index (χ0v) is 17.9. The van der Waals surface area contributed by atoms with Crippen LogP contribution in [-0.4, -0.2) is 47.4 Å². The second-order valence-electron chi connectivity index (χ2n) is 8.03. The summed E-state index contributed by atoms with van der Waals surface area (Å²) in [5, 5.41) is 14.4. The molecule has 1 aliphatic heterocycles. The molecule has 0 atom stereocenters. The maximum Gasteiger partial charge on any atom is 0.110 e. The minimum atomic E-state index is 0.688. The summed E-state index contributed by atoms with van der Waals surface area (Å²) in [5.74, 6) is 0. The van der Waals surface area contributed by atoms with E-state index >= 15 is 0 Å². The number of aromatic nitrogens is 2. The summed E-state index contributed by atoms with van der Waals surface area (Å²) in [6, 6.07) is 21.2. The highest BCUT2D eigenvalue weighted by atomic mass is 15.3. The van der Waals surface area contributed by atoms with E-state index in [4.69, 9.17) is 5.10 Å². The number of hydrogen-bond acceptors (Lipinski definition) is 4. The summed E-state index contributed by atoms with van der Waals surface area (Å²) in [5.41, 5.74) is 6.07. The van der Waals surface area contributed by atoms with E-state index in [-0.39, 0.29) is 0 Å².